The molecule has 0 amide bonds. The minimum Gasteiger partial charge on any atom is -0.387 e. The second kappa shape index (κ2) is 7.14. The lowest BCUT2D eigenvalue weighted by atomic mass is 9.99. The molecule has 0 fully saturated rings. The molecular formula is C15H15F6N3O. The quantitative estimate of drug-likeness (QED) is 0.561. The van der Waals surface area contributed by atoms with E-state index in [0.717, 1.165) is 6.07 Å². The maximum Gasteiger partial charge on any atom is 0.433 e. The van der Waals surface area contributed by atoms with Crippen LogP contribution in [0.5, 0.6) is 0 Å². The van der Waals surface area contributed by atoms with E-state index in [4.69, 9.17) is 5.73 Å². The SMILES string of the molecule is NCCNC[C@H](O)c1cc(C(F)(F)F)nc2c(C(F)(F)F)cccc12. The summed E-state index contributed by atoms with van der Waals surface area (Å²) in [5, 5.41) is 12.7. The largest absolute Gasteiger partial charge is 0.433 e. The molecule has 4 N–H and O–H groups in total. The van der Waals surface area contributed by atoms with Gasteiger partial charge >= 0.3 is 12.4 Å². The Hall–Kier alpha value is -1.91. The molecule has 25 heavy (non-hydrogen) atoms. The number of hydrogen-bond donors (Lipinski definition) is 3. The Morgan fingerprint density at radius 3 is 2.36 bits per heavy atom. The third-order valence-corrected chi connectivity index (χ3v) is 3.49. The van der Waals surface area contributed by atoms with Crippen molar-refractivity contribution in [1.82, 2.24) is 10.3 Å². The summed E-state index contributed by atoms with van der Waals surface area (Å²) in [6.45, 7) is 0.361. The number of nitrogens with two attached hydrogens (primary N) is 1. The maximum absolute atomic E-state index is 13.1. The molecule has 1 heterocycles. The van der Waals surface area contributed by atoms with E-state index >= 15 is 0 Å². The van der Waals surface area contributed by atoms with E-state index in [9.17, 15) is 31.4 Å². The van der Waals surface area contributed by atoms with Crippen molar-refractivity contribution in [2.75, 3.05) is 19.6 Å². The third-order valence-electron chi connectivity index (χ3n) is 3.49. The van der Waals surface area contributed by atoms with E-state index < -0.39 is 35.2 Å². The first-order valence-corrected chi connectivity index (χ1v) is 7.22. The highest BCUT2D eigenvalue weighted by Gasteiger charge is 2.37. The van der Waals surface area contributed by atoms with E-state index in [0.29, 0.717) is 18.7 Å². The summed E-state index contributed by atoms with van der Waals surface area (Å²) in [5.41, 5.74) is 1.34. The number of aromatic nitrogens is 1. The summed E-state index contributed by atoms with van der Waals surface area (Å²) in [7, 11) is 0. The van der Waals surface area contributed by atoms with Gasteiger partial charge in [-0.15, -0.1) is 0 Å². The highest BCUT2D eigenvalue weighted by Crippen LogP contribution is 2.38. The molecule has 0 bridgehead atoms. The Bertz CT molecular complexity index is 744. The van der Waals surface area contributed by atoms with Crippen LogP contribution in [0.15, 0.2) is 24.3 Å². The lowest BCUT2D eigenvalue weighted by Crippen LogP contribution is -2.27. The van der Waals surface area contributed by atoms with Gasteiger partial charge in [-0.3, -0.25) is 0 Å². The number of fused-ring (bicyclic) bond motifs is 1. The van der Waals surface area contributed by atoms with Crippen LogP contribution in [0.2, 0.25) is 0 Å². The molecule has 10 heteroatoms. The highest BCUT2D eigenvalue weighted by molar-refractivity contribution is 5.86. The van der Waals surface area contributed by atoms with Crippen LogP contribution in [0.1, 0.15) is 22.9 Å². The van der Waals surface area contributed by atoms with Crippen LogP contribution >= 0.6 is 0 Å². The fourth-order valence-corrected chi connectivity index (χ4v) is 2.38. The number of aliphatic hydroxyl groups is 1. The minimum atomic E-state index is -4.95. The molecule has 2 aromatic rings. The molecule has 4 nitrogen and oxygen atoms in total. The van der Waals surface area contributed by atoms with Crippen molar-refractivity contribution in [2.45, 2.75) is 18.5 Å². The van der Waals surface area contributed by atoms with Gasteiger partial charge in [-0.2, -0.15) is 26.3 Å². The monoisotopic (exact) mass is 367 g/mol. The van der Waals surface area contributed by atoms with Crippen molar-refractivity contribution in [1.29, 1.82) is 0 Å². The van der Waals surface area contributed by atoms with Crippen LogP contribution in [0.25, 0.3) is 10.9 Å². The van der Waals surface area contributed by atoms with Crippen molar-refractivity contribution in [3.05, 3.63) is 41.1 Å². The summed E-state index contributed by atoms with van der Waals surface area (Å²) in [6.07, 6.45) is -11.3. The van der Waals surface area contributed by atoms with Gasteiger partial charge in [-0.25, -0.2) is 4.98 Å². The molecule has 0 aliphatic rings. The van der Waals surface area contributed by atoms with E-state index in [1.807, 2.05) is 0 Å². The first kappa shape index (κ1) is 19.4. The van der Waals surface area contributed by atoms with Crippen LogP contribution < -0.4 is 11.1 Å². The number of halogens is 6. The lowest BCUT2D eigenvalue weighted by molar-refractivity contribution is -0.142. The summed E-state index contributed by atoms with van der Waals surface area (Å²) in [4.78, 5) is 3.16. The van der Waals surface area contributed by atoms with Gasteiger partial charge in [0, 0.05) is 25.0 Å². The van der Waals surface area contributed by atoms with Gasteiger partial charge in [0.15, 0.2) is 0 Å². The minimum absolute atomic E-state index is 0.163. The van der Waals surface area contributed by atoms with Crippen LogP contribution in [0.3, 0.4) is 0 Å². The van der Waals surface area contributed by atoms with E-state index in [1.165, 1.54) is 6.07 Å². The lowest BCUT2D eigenvalue weighted by Gasteiger charge is -2.18. The molecule has 0 aliphatic carbocycles. The molecule has 1 aromatic heterocycles. The molecular weight excluding hydrogens is 352 g/mol. The number of hydrogen-bond acceptors (Lipinski definition) is 4. The summed E-state index contributed by atoms with van der Waals surface area (Å²) < 4.78 is 78.5. The zero-order valence-electron chi connectivity index (χ0n) is 12.7. The highest BCUT2D eigenvalue weighted by atomic mass is 19.4. The Morgan fingerprint density at radius 2 is 1.80 bits per heavy atom. The van der Waals surface area contributed by atoms with Crippen molar-refractivity contribution in [3.63, 3.8) is 0 Å². The standard InChI is InChI=1S/C15H15F6N3O/c16-14(17,18)10-3-1-2-8-9(11(25)7-23-5-4-22)6-12(15(19,20)21)24-13(8)10/h1-3,6,11,23,25H,4-5,7,22H2/t11-/m0/s1. The summed E-state index contributed by atoms with van der Waals surface area (Å²) in [5.74, 6) is 0. The van der Waals surface area contributed by atoms with Crippen molar-refractivity contribution >= 4 is 10.9 Å². The Kier molecular flexibility index (Phi) is 5.55. The molecule has 0 unspecified atom stereocenters. The van der Waals surface area contributed by atoms with Gasteiger partial charge in [0.2, 0.25) is 0 Å². The molecule has 2 rings (SSSR count). The van der Waals surface area contributed by atoms with Gasteiger partial charge in [0.1, 0.15) is 5.69 Å². The predicted octanol–water partition coefficient (Wildman–Crippen LogP) is 2.85. The molecule has 1 aromatic carbocycles. The topological polar surface area (TPSA) is 71.2 Å². The van der Waals surface area contributed by atoms with Crippen LogP contribution in [-0.2, 0) is 12.4 Å². The van der Waals surface area contributed by atoms with E-state index in [2.05, 4.69) is 10.3 Å². The number of nitrogens with one attached hydrogen (secondary N) is 1. The second-order valence-corrected chi connectivity index (χ2v) is 5.30. The third kappa shape index (κ3) is 4.39. The molecule has 0 radical (unpaired) electrons. The first-order chi connectivity index (χ1) is 11.6. The van der Waals surface area contributed by atoms with Gasteiger partial charge < -0.3 is 16.2 Å². The van der Waals surface area contributed by atoms with Gasteiger partial charge in [0.25, 0.3) is 0 Å². The molecule has 0 saturated carbocycles. The van der Waals surface area contributed by atoms with Gasteiger partial charge in [-0.05, 0) is 17.7 Å². The Labute approximate surface area is 138 Å². The number of aliphatic hydroxyl groups excluding tert-OH is 1. The van der Waals surface area contributed by atoms with Crippen LogP contribution in [-0.4, -0.2) is 29.7 Å². The van der Waals surface area contributed by atoms with Crippen LogP contribution in [0.4, 0.5) is 26.3 Å². The Balaban J connectivity index is 2.67. The number of benzene rings is 1. The smallest absolute Gasteiger partial charge is 0.387 e. The molecule has 138 valence electrons. The number of rotatable bonds is 5. The maximum atomic E-state index is 13.1. The average molecular weight is 367 g/mol. The summed E-state index contributed by atoms with van der Waals surface area (Å²) >= 11 is 0. The summed E-state index contributed by atoms with van der Waals surface area (Å²) in [6, 6.07) is 3.47. The molecule has 0 saturated heterocycles. The normalized spacial score (nSPS) is 14.1. The fraction of sp³-hybridized carbons (Fsp3) is 0.400. The number of alkyl halides is 6. The number of para-hydroxylation sites is 1. The first-order valence-electron chi connectivity index (χ1n) is 7.22. The fourth-order valence-electron chi connectivity index (χ4n) is 2.38. The van der Waals surface area contributed by atoms with Crippen molar-refractivity contribution in [3.8, 4) is 0 Å². The molecule has 0 aliphatic heterocycles. The molecule has 1 atom stereocenters. The number of pyridine rings is 1. The second-order valence-electron chi connectivity index (χ2n) is 5.30. The van der Waals surface area contributed by atoms with Crippen LogP contribution in [0, 0.1) is 0 Å². The molecule has 0 spiro atoms. The van der Waals surface area contributed by atoms with E-state index in [-0.39, 0.29) is 24.0 Å². The van der Waals surface area contributed by atoms with Gasteiger partial charge in [0.05, 0.1) is 17.2 Å². The van der Waals surface area contributed by atoms with Crippen molar-refractivity contribution in [2.24, 2.45) is 5.73 Å². The average Bonchev–Trinajstić information content (AvgIpc) is 2.51. The Morgan fingerprint density at radius 1 is 1.12 bits per heavy atom. The zero-order valence-corrected chi connectivity index (χ0v) is 12.7. The van der Waals surface area contributed by atoms with Crippen molar-refractivity contribution < 1.29 is 31.4 Å². The predicted molar refractivity (Wildman–Crippen MR) is 78.6 cm³/mol. The van der Waals surface area contributed by atoms with E-state index in [1.54, 1.807) is 0 Å². The van der Waals surface area contributed by atoms with Gasteiger partial charge in [-0.1, -0.05) is 12.1 Å². The zero-order chi connectivity index (χ0) is 18.8. The number of nitrogens with zero attached hydrogens (tertiary/aromatic N) is 1.